The molecule has 0 aliphatic carbocycles. The molecular weight excluding hydrogens is 326 g/mol. The largest absolute Gasteiger partial charge is 0.480 e. The maximum absolute atomic E-state index is 11.8. The molecule has 1 unspecified atom stereocenters. The molecule has 0 heterocycles. The van der Waals surface area contributed by atoms with E-state index in [0.29, 0.717) is 16.8 Å². The third-order valence-corrected chi connectivity index (χ3v) is 3.03. The third kappa shape index (κ3) is 6.81. The van der Waals surface area contributed by atoms with E-state index in [1.165, 1.54) is 12.1 Å². The molecule has 25 heavy (non-hydrogen) atoms. The molecule has 0 bridgehead atoms. The molecule has 0 saturated heterocycles. The monoisotopic (exact) mass is 345 g/mol. The first kappa shape index (κ1) is 19.8. The normalized spacial score (nSPS) is 11.6. The van der Waals surface area contributed by atoms with E-state index in [2.05, 4.69) is 15.3 Å². The Bertz CT molecular complexity index is 742. The smallest absolute Gasteiger partial charge is 0.408 e. The fraction of sp³-hybridized carbons (Fsp3) is 0.438. The van der Waals surface area contributed by atoms with Crippen LogP contribution >= 0.6 is 0 Å². The van der Waals surface area contributed by atoms with Crippen molar-refractivity contribution >= 4 is 17.7 Å². The minimum Gasteiger partial charge on any atom is -0.480 e. The Labute approximate surface area is 144 Å². The first-order chi connectivity index (χ1) is 11.7. The number of ether oxygens (including phenoxy) is 1. The van der Waals surface area contributed by atoms with E-state index in [0.717, 1.165) is 0 Å². The Morgan fingerprint density at radius 1 is 1.44 bits per heavy atom. The first-order valence-corrected chi connectivity index (χ1v) is 7.42. The number of nitrogens with one attached hydrogen (secondary N) is 1. The number of amides is 1. The van der Waals surface area contributed by atoms with Crippen molar-refractivity contribution in [3.05, 3.63) is 39.8 Å². The van der Waals surface area contributed by atoms with Gasteiger partial charge in [-0.25, -0.2) is 9.59 Å². The van der Waals surface area contributed by atoms with E-state index in [9.17, 15) is 14.7 Å². The van der Waals surface area contributed by atoms with Crippen molar-refractivity contribution in [3.63, 3.8) is 0 Å². The van der Waals surface area contributed by atoms with Gasteiger partial charge in [-0.2, -0.15) is 5.26 Å². The standard InChI is InChI=1S/C16H19N5O4/c1-16(2,3)25-15(24)19-13(14(22)23)9-10-4-5-12(20-21-18)8-11(10)6-7-17/h4-5,8,13H,6,9H2,1-3H3,(H,19,24)(H,22,23). The van der Waals surface area contributed by atoms with E-state index in [-0.39, 0.29) is 12.8 Å². The summed E-state index contributed by atoms with van der Waals surface area (Å²) in [5.41, 5.74) is 9.13. The van der Waals surface area contributed by atoms with E-state index in [4.69, 9.17) is 15.5 Å². The van der Waals surface area contributed by atoms with Crippen molar-refractivity contribution in [2.45, 2.75) is 45.3 Å². The molecule has 1 aromatic carbocycles. The second-order valence-electron chi connectivity index (χ2n) is 6.22. The number of nitriles is 1. The topological polar surface area (TPSA) is 148 Å². The lowest BCUT2D eigenvalue weighted by Gasteiger charge is -2.22. The molecule has 0 saturated carbocycles. The molecular formula is C16H19N5O4. The maximum Gasteiger partial charge on any atom is 0.408 e. The summed E-state index contributed by atoms with van der Waals surface area (Å²) in [5, 5.41) is 24.0. The molecule has 132 valence electrons. The molecule has 0 spiro atoms. The molecule has 9 nitrogen and oxygen atoms in total. The van der Waals surface area contributed by atoms with Crippen LogP contribution in [-0.2, 0) is 22.4 Å². The minimum atomic E-state index is -1.23. The van der Waals surface area contributed by atoms with Crippen LogP contribution in [0.5, 0.6) is 0 Å². The lowest BCUT2D eigenvalue weighted by molar-refractivity contribution is -0.139. The van der Waals surface area contributed by atoms with Gasteiger partial charge in [0.2, 0.25) is 0 Å². The maximum atomic E-state index is 11.8. The van der Waals surface area contributed by atoms with Gasteiger partial charge in [0.1, 0.15) is 11.6 Å². The third-order valence-electron chi connectivity index (χ3n) is 3.03. The highest BCUT2D eigenvalue weighted by molar-refractivity contribution is 5.80. The number of nitrogens with zero attached hydrogens (tertiary/aromatic N) is 4. The zero-order chi connectivity index (χ0) is 19.0. The number of carbonyl (C=O) groups excluding carboxylic acids is 1. The predicted molar refractivity (Wildman–Crippen MR) is 89.1 cm³/mol. The van der Waals surface area contributed by atoms with Crippen LogP contribution in [0.15, 0.2) is 23.3 Å². The summed E-state index contributed by atoms with van der Waals surface area (Å²) in [5.74, 6) is -1.23. The van der Waals surface area contributed by atoms with Crippen molar-refractivity contribution in [1.29, 1.82) is 5.26 Å². The van der Waals surface area contributed by atoms with Gasteiger partial charge in [0, 0.05) is 17.0 Å². The van der Waals surface area contributed by atoms with Gasteiger partial charge >= 0.3 is 12.1 Å². The average molecular weight is 345 g/mol. The van der Waals surface area contributed by atoms with Crippen LogP contribution in [0, 0.1) is 11.3 Å². The predicted octanol–water partition coefficient (Wildman–Crippen LogP) is 3.21. The number of alkyl carbamates (subject to hydrolysis) is 1. The highest BCUT2D eigenvalue weighted by Crippen LogP contribution is 2.21. The fourth-order valence-corrected chi connectivity index (χ4v) is 2.04. The second-order valence-corrected chi connectivity index (χ2v) is 6.22. The highest BCUT2D eigenvalue weighted by atomic mass is 16.6. The summed E-state index contributed by atoms with van der Waals surface area (Å²) in [6, 6.07) is 5.36. The number of hydrogen-bond donors (Lipinski definition) is 2. The molecule has 0 radical (unpaired) electrons. The Morgan fingerprint density at radius 3 is 2.64 bits per heavy atom. The Kier molecular flexibility index (Phi) is 6.79. The molecule has 0 aliphatic rings. The van der Waals surface area contributed by atoms with Gasteiger partial charge in [-0.15, -0.1) is 0 Å². The van der Waals surface area contributed by atoms with Crippen LogP contribution < -0.4 is 5.32 Å². The molecule has 1 amide bonds. The average Bonchev–Trinajstić information content (AvgIpc) is 2.47. The van der Waals surface area contributed by atoms with Crippen molar-refractivity contribution in [3.8, 4) is 6.07 Å². The first-order valence-electron chi connectivity index (χ1n) is 7.42. The SMILES string of the molecule is CC(C)(C)OC(=O)NC(Cc1ccc(N=[N+]=[N-])cc1CC#N)C(=O)O. The number of azide groups is 1. The van der Waals surface area contributed by atoms with Gasteiger partial charge in [-0.1, -0.05) is 17.2 Å². The Hall–Kier alpha value is -3.24. The van der Waals surface area contributed by atoms with Gasteiger partial charge < -0.3 is 15.2 Å². The molecule has 0 aliphatic heterocycles. The van der Waals surface area contributed by atoms with Crippen LogP contribution in [-0.4, -0.2) is 28.8 Å². The van der Waals surface area contributed by atoms with E-state index < -0.39 is 23.7 Å². The number of carboxylic acids is 1. The number of aliphatic carboxylic acids is 1. The summed E-state index contributed by atoms with van der Waals surface area (Å²) in [6.07, 6.45) is -0.863. The van der Waals surface area contributed by atoms with Gasteiger partial charge in [0.15, 0.2) is 0 Å². The van der Waals surface area contributed by atoms with Crippen molar-refractivity contribution in [2.24, 2.45) is 5.11 Å². The molecule has 9 heteroatoms. The summed E-state index contributed by atoms with van der Waals surface area (Å²) >= 11 is 0. The van der Waals surface area contributed by atoms with Crippen LogP contribution in [0.4, 0.5) is 10.5 Å². The number of carboxylic acid groups (broad SMARTS) is 1. The minimum absolute atomic E-state index is 0.0168. The number of benzene rings is 1. The summed E-state index contributed by atoms with van der Waals surface area (Å²) in [4.78, 5) is 25.9. The fourth-order valence-electron chi connectivity index (χ4n) is 2.04. The number of rotatable bonds is 6. The van der Waals surface area contributed by atoms with E-state index >= 15 is 0 Å². The highest BCUT2D eigenvalue weighted by Gasteiger charge is 2.25. The lowest BCUT2D eigenvalue weighted by atomic mass is 9.98. The Balaban J connectivity index is 3.01. The van der Waals surface area contributed by atoms with Crippen molar-refractivity contribution in [2.75, 3.05) is 0 Å². The molecule has 0 fully saturated rings. The van der Waals surface area contributed by atoms with Gasteiger partial charge in [0.05, 0.1) is 12.5 Å². The zero-order valence-corrected chi connectivity index (χ0v) is 14.2. The van der Waals surface area contributed by atoms with Crippen molar-refractivity contribution < 1.29 is 19.4 Å². The van der Waals surface area contributed by atoms with Gasteiger partial charge in [-0.3, -0.25) is 0 Å². The second kappa shape index (κ2) is 8.57. The van der Waals surface area contributed by atoms with Crippen LogP contribution in [0.25, 0.3) is 10.4 Å². The van der Waals surface area contributed by atoms with E-state index in [1.54, 1.807) is 26.8 Å². The zero-order valence-electron chi connectivity index (χ0n) is 14.2. The quantitative estimate of drug-likeness (QED) is 0.461. The Morgan fingerprint density at radius 2 is 2.12 bits per heavy atom. The lowest BCUT2D eigenvalue weighted by Crippen LogP contribution is -2.44. The molecule has 1 aromatic rings. The summed E-state index contributed by atoms with van der Waals surface area (Å²) in [6.45, 7) is 5.01. The molecule has 2 N–H and O–H groups in total. The number of carbonyl (C=O) groups is 2. The van der Waals surface area contributed by atoms with Crippen LogP contribution in [0.2, 0.25) is 0 Å². The summed E-state index contributed by atoms with van der Waals surface area (Å²) in [7, 11) is 0. The molecule has 0 aromatic heterocycles. The van der Waals surface area contributed by atoms with E-state index in [1.807, 2.05) is 6.07 Å². The molecule has 1 atom stereocenters. The van der Waals surface area contributed by atoms with Crippen LogP contribution in [0.1, 0.15) is 31.9 Å². The van der Waals surface area contributed by atoms with Gasteiger partial charge in [0.25, 0.3) is 0 Å². The van der Waals surface area contributed by atoms with Crippen molar-refractivity contribution in [1.82, 2.24) is 5.32 Å². The molecule has 1 rings (SSSR count). The van der Waals surface area contributed by atoms with Crippen LogP contribution in [0.3, 0.4) is 0 Å². The summed E-state index contributed by atoms with van der Waals surface area (Å²) < 4.78 is 5.06. The number of hydrogen-bond acceptors (Lipinski definition) is 5. The van der Waals surface area contributed by atoms with Gasteiger partial charge in [-0.05, 0) is 43.5 Å².